The van der Waals surface area contributed by atoms with Gasteiger partial charge in [-0.3, -0.25) is 0 Å². The minimum Gasteiger partial charge on any atom is -0.494 e. The van der Waals surface area contributed by atoms with Crippen molar-refractivity contribution in [3.63, 3.8) is 0 Å². The maximum absolute atomic E-state index is 5.85. The molecule has 3 rings (SSSR count). The summed E-state index contributed by atoms with van der Waals surface area (Å²) >= 11 is 5.32. The zero-order valence-corrected chi connectivity index (χ0v) is 14.7. The van der Waals surface area contributed by atoms with Crippen LogP contribution in [0, 0.1) is 0 Å². The number of allylic oxidation sites excluding steroid dienone is 3. The molecule has 0 atom stereocenters. The monoisotopic (exact) mass is 357 g/mol. The van der Waals surface area contributed by atoms with E-state index in [1.807, 2.05) is 36.4 Å². The standard InChI is InChI=1S/C20H20ClNO3/c1-15(25-21)12-16-6-5-9-19(13-16)23-11-10-18-14-24-20(22-18)17-7-3-2-4-8-17/h2-4,7-9,13-14H,1,5-6,10-12H2. The van der Waals surface area contributed by atoms with Crippen LogP contribution in [-0.4, -0.2) is 11.6 Å². The van der Waals surface area contributed by atoms with Crippen LogP contribution in [0.5, 0.6) is 0 Å². The van der Waals surface area contributed by atoms with Crippen molar-refractivity contribution in [2.24, 2.45) is 0 Å². The van der Waals surface area contributed by atoms with Crippen molar-refractivity contribution in [3.05, 3.63) is 78.1 Å². The van der Waals surface area contributed by atoms with E-state index in [0.717, 1.165) is 29.9 Å². The number of hydrogen-bond donors (Lipinski definition) is 0. The summed E-state index contributed by atoms with van der Waals surface area (Å²) in [6.45, 7) is 4.29. The zero-order chi connectivity index (χ0) is 17.5. The summed E-state index contributed by atoms with van der Waals surface area (Å²) in [4.78, 5) is 4.50. The van der Waals surface area contributed by atoms with Crippen LogP contribution in [0.25, 0.3) is 11.5 Å². The van der Waals surface area contributed by atoms with Gasteiger partial charge < -0.3 is 13.4 Å². The number of rotatable bonds is 8. The van der Waals surface area contributed by atoms with Gasteiger partial charge in [0.2, 0.25) is 5.89 Å². The fraction of sp³-hybridized carbons (Fsp3) is 0.250. The number of aromatic nitrogens is 1. The minimum absolute atomic E-state index is 0.545. The average Bonchev–Trinajstić information content (AvgIpc) is 3.12. The molecule has 1 heterocycles. The Bertz CT molecular complexity index is 777. The van der Waals surface area contributed by atoms with Crippen LogP contribution in [-0.2, 0) is 15.4 Å². The van der Waals surface area contributed by atoms with E-state index in [1.165, 1.54) is 5.57 Å². The molecule has 0 bridgehead atoms. The second kappa shape index (κ2) is 8.58. The van der Waals surface area contributed by atoms with Crippen molar-refractivity contribution in [3.8, 4) is 11.5 Å². The zero-order valence-electron chi connectivity index (χ0n) is 13.9. The van der Waals surface area contributed by atoms with Crippen molar-refractivity contribution in [1.82, 2.24) is 4.98 Å². The summed E-state index contributed by atoms with van der Waals surface area (Å²) in [6.07, 6.45) is 9.04. The fourth-order valence-electron chi connectivity index (χ4n) is 2.66. The number of nitrogens with zero attached hydrogens (tertiary/aromatic N) is 1. The normalized spacial score (nSPS) is 13.8. The third-order valence-corrected chi connectivity index (χ3v) is 4.11. The number of halogens is 1. The Morgan fingerprint density at radius 1 is 1.28 bits per heavy atom. The topological polar surface area (TPSA) is 44.5 Å². The second-order valence-electron chi connectivity index (χ2n) is 5.85. The molecule has 5 heteroatoms. The molecule has 2 aromatic rings. The van der Waals surface area contributed by atoms with Gasteiger partial charge in [0.15, 0.2) is 0 Å². The van der Waals surface area contributed by atoms with Crippen molar-refractivity contribution in [2.75, 3.05) is 6.61 Å². The summed E-state index contributed by atoms with van der Waals surface area (Å²) in [6, 6.07) is 9.85. The van der Waals surface area contributed by atoms with Gasteiger partial charge in [0.05, 0.1) is 12.3 Å². The van der Waals surface area contributed by atoms with Gasteiger partial charge in [-0.2, -0.15) is 0 Å². The van der Waals surface area contributed by atoms with Crippen LogP contribution in [0.3, 0.4) is 0 Å². The molecule has 130 valence electrons. The Morgan fingerprint density at radius 2 is 2.12 bits per heavy atom. The molecule has 0 amide bonds. The largest absolute Gasteiger partial charge is 0.494 e. The van der Waals surface area contributed by atoms with Gasteiger partial charge in [-0.1, -0.05) is 30.4 Å². The van der Waals surface area contributed by atoms with E-state index < -0.39 is 0 Å². The molecule has 0 saturated carbocycles. The Kier molecular flexibility index (Phi) is 5.96. The summed E-state index contributed by atoms with van der Waals surface area (Å²) in [7, 11) is 0. The summed E-state index contributed by atoms with van der Waals surface area (Å²) < 4.78 is 16.0. The highest BCUT2D eigenvalue weighted by molar-refractivity contribution is 6.08. The number of oxazole rings is 1. The minimum atomic E-state index is 0.545. The number of ether oxygens (including phenoxy) is 1. The maximum atomic E-state index is 5.85. The molecule has 1 aromatic carbocycles. The molecule has 0 aliphatic heterocycles. The van der Waals surface area contributed by atoms with E-state index in [0.29, 0.717) is 31.1 Å². The van der Waals surface area contributed by atoms with E-state index in [1.54, 1.807) is 6.26 Å². The summed E-state index contributed by atoms with van der Waals surface area (Å²) in [5.74, 6) is 2.05. The summed E-state index contributed by atoms with van der Waals surface area (Å²) in [5, 5.41) is 0. The predicted octanol–water partition coefficient (Wildman–Crippen LogP) is 5.58. The third-order valence-electron chi connectivity index (χ3n) is 3.89. The van der Waals surface area contributed by atoms with Crippen LogP contribution < -0.4 is 0 Å². The first-order valence-electron chi connectivity index (χ1n) is 8.23. The van der Waals surface area contributed by atoms with Crippen molar-refractivity contribution >= 4 is 11.9 Å². The van der Waals surface area contributed by atoms with E-state index in [9.17, 15) is 0 Å². The Hall–Kier alpha value is -2.46. The maximum Gasteiger partial charge on any atom is 0.226 e. The molecule has 1 aliphatic rings. The molecule has 1 aliphatic carbocycles. The lowest BCUT2D eigenvalue weighted by atomic mass is 10.0. The third kappa shape index (κ3) is 5.00. The van der Waals surface area contributed by atoms with Crippen LogP contribution in [0.15, 0.2) is 76.8 Å². The first-order valence-corrected chi connectivity index (χ1v) is 8.54. The average molecular weight is 358 g/mol. The quantitative estimate of drug-likeness (QED) is 0.578. The highest BCUT2D eigenvalue weighted by atomic mass is 35.5. The Labute approximate surface area is 152 Å². The van der Waals surface area contributed by atoms with Gasteiger partial charge in [0, 0.05) is 18.4 Å². The van der Waals surface area contributed by atoms with Gasteiger partial charge >= 0.3 is 0 Å². The predicted molar refractivity (Wildman–Crippen MR) is 97.7 cm³/mol. The van der Waals surface area contributed by atoms with Gasteiger partial charge in [0.1, 0.15) is 29.6 Å². The first kappa shape index (κ1) is 17.4. The summed E-state index contributed by atoms with van der Waals surface area (Å²) in [5.41, 5.74) is 3.05. The second-order valence-corrected chi connectivity index (χ2v) is 6.00. The smallest absolute Gasteiger partial charge is 0.226 e. The van der Waals surface area contributed by atoms with Crippen molar-refractivity contribution in [1.29, 1.82) is 0 Å². The van der Waals surface area contributed by atoms with Crippen molar-refractivity contribution < 1.29 is 13.4 Å². The fourth-order valence-corrected chi connectivity index (χ4v) is 2.72. The Morgan fingerprint density at radius 3 is 2.92 bits per heavy atom. The van der Waals surface area contributed by atoms with E-state index in [2.05, 4.69) is 21.9 Å². The number of hydrogen-bond acceptors (Lipinski definition) is 4. The lowest BCUT2D eigenvalue weighted by Crippen LogP contribution is -2.02. The first-order chi connectivity index (χ1) is 12.2. The van der Waals surface area contributed by atoms with E-state index in [4.69, 9.17) is 21.0 Å². The molecule has 0 saturated heterocycles. The number of benzene rings is 1. The van der Waals surface area contributed by atoms with Gasteiger partial charge in [-0.25, -0.2) is 4.98 Å². The van der Waals surface area contributed by atoms with Crippen LogP contribution in [0.2, 0.25) is 0 Å². The molecular weight excluding hydrogens is 338 g/mol. The van der Waals surface area contributed by atoms with E-state index >= 15 is 0 Å². The molecule has 0 unspecified atom stereocenters. The van der Waals surface area contributed by atoms with Crippen LogP contribution >= 0.6 is 11.9 Å². The van der Waals surface area contributed by atoms with Crippen LogP contribution in [0.4, 0.5) is 0 Å². The van der Waals surface area contributed by atoms with Crippen LogP contribution in [0.1, 0.15) is 25.0 Å². The molecule has 0 radical (unpaired) electrons. The van der Waals surface area contributed by atoms with E-state index in [-0.39, 0.29) is 0 Å². The molecular formula is C20H20ClNO3. The molecule has 0 fully saturated rings. The molecule has 0 N–H and O–H groups in total. The van der Waals surface area contributed by atoms with Gasteiger partial charge in [0.25, 0.3) is 0 Å². The lowest BCUT2D eigenvalue weighted by molar-refractivity contribution is 0.224. The van der Waals surface area contributed by atoms with Crippen molar-refractivity contribution in [2.45, 2.75) is 25.7 Å². The highest BCUT2D eigenvalue weighted by Crippen LogP contribution is 2.24. The Balaban J connectivity index is 1.51. The lowest BCUT2D eigenvalue weighted by Gasteiger charge is -2.14. The highest BCUT2D eigenvalue weighted by Gasteiger charge is 2.10. The van der Waals surface area contributed by atoms with Gasteiger partial charge in [-0.15, -0.1) is 0 Å². The van der Waals surface area contributed by atoms with Gasteiger partial charge in [-0.05, 0) is 37.1 Å². The molecule has 25 heavy (non-hydrogen) atoms. The molecule has 1 aromatic heterocycles. The SMILES string of the molecule is C=C(CC1=CC(OCCc2coc(-c3ccccc3)n2)=CCC1)OCl. The molecule has 4 nitrogen and oxygen atoms in total. The molecule has 0 spiro atoms.